The number of fused-ring (bicyclic) bond motifs is 1. The molecule has 98 valence electrons. The Morgan fingerprint density at radius 2 is 2.16 bits per heavy atom. The smallest absolute Gasteiger partial charge is 0.0708 e. The van der Waals surface area contributed by atoms with Gasteiger partial charge in [-0.15, -0.1) is 12.3 Å². The summed E-state index contributed by atoms with van der Waals surface area (Å²) >= 11 is 0. The number of rotatable bonds is 5. The van der Waals surface area contributed by atoms with E-state index < -0.39 is 0 Å². The van der Waals surface area contributed by atoms with Crippen LogP contribution in [0.4, 0.5) is 0 Å². The van der Waals surface area contributed by atoms with Crippen molar-refractivity contribution in [1.29, 1.82) is 0 Å². The Bertz CT molecular complexity index is 596. The van der Waals surface area contributed by atoms with Crippen molar-refractivity contribution < 1.29 is 0 Å². The topological polar surface area (TPSA) is 24.9 Å². The van der Waals surface area contributed by atoms with Gasteiger partial charge in [0.25, 0.3) is 0 Å². The average Bonchev–Trinajstić information content (AvgIpc) is 2.42. The van der Waals surface area contributed by atoms with Crippen molar-refractivity contribution in [3.05, 3.63) is 41.6 Å². The zero-order chi connectivity index (χ0) is 13.7. The fourth-order valence-electron chi connectivity index (χ4n) is 2.47. The SMILES string of the molecule is C#CCCC(NCC)c1cc(C)nc2ccccc12. The molecular weight excluding hydrogens is 232 g/mol. The summed E-state index contributed by atoms with van der Waals surface area (Å²) in [5.74, 6) is 2.73. The van der Waals surface area contributed by atoms with Gasteiger partial charge in [-0.1, -0.05) is 25.1 Å². The first-order valence-corrected chi connectivity index (χ1v) is 6.79. The van der Waals surface area contributed by atoms with Crippen LogP contribution in [-0.4, -0.2) is 11.5 Å². The van der Waals surface area contributed by atoms with Crippen LogP contribution in [0.1, 0.15) is 37.1 Å². The standard InChI is InChI=1S/C17H20N2/c1-4-6-10-16(18-5-2)15-12-13(3)19-17-11-8-7-9-14(15)17/h1,7-9,11-12,16,18H,5-6,10H2,2-3H3. The molecule has 19 heavy (non-hydrogen) atoms. The van der Waals surface area contributed by atoms with Crippen molar-refractivity contribution in [3.8, 4) is 12.3 Å². The third-order valence-electron chi connectivity index (χ3n) is 3.28. The van der Waals surface area contributed by atoms with E-state index >= 15 is 0 Å². The predicted molar refractivity (Wildman–Crippen MR) is 81.0 cm³/mol. The molecule has 0 radical (unpaired) electrons. The van der Waals surface area contributed by atoms with Gasteiger partial charge in [0.05, 0.1) is 5.52 Å². The normalized spacial score (nSPS) is 12.3. The highest BCUT2D eigenvalue weighted by Crippen LogP contribution is 2.26. The lowest BCUT2D eigenvalue weighted by Crippen LogP contribution is -2.21. The molecule has 2 aromatic rings. The van der Waals surface area contributed by atoms with Gasteiger partial charge in [0.1, 0.15) is 0 Å². The fourth-order valence-corrected chi connectivity index (χ4v) is 2.47. The number of nitrogens with one attached hydrogen (secondary N) is 1. The van der Waals surface area contributed by atoms with Crippen LogP contribution in [0.3, 0.4) is 0 Å². The van der Waals surface area contributed by atoms with Crippen LogP contribution in [0.15, 0.2) is 30.3 Å². The molecule has 0 fully saturated rings. The summed E-state index contributed by atoms with van der Waals surface area (Å²) in [6, 6.07) is 10.8. The lowest BCUT2D eigenvalue weighted by atomic mass is 9.97. The van der Waals surface area contributed by atoms with Crippen LogP contribution in [0.5, 0.6) is 0 Å². The van der Waals surface area contributed by atoms with Crippen molar-refractivity contribution in [1.82, 2.24) is 10.3 Å². The lowest BCUT2D eigenvalue weighted by molar-refractivity contribution is 0.525. The summed E-state index contributed by atoms with van der Waals surface area (Å²) in [7, 11) is 0. The van der Waals surface area contributed by atoms with Crippen molar-refractivity contribution in [3.63, 3.8) is 0 Å². The predicted octanol–water partition coefficient (Wildman–Crippen LogP) is 3.61. The number of benzene rings is 1. The molecule has 2 nitrogen and oxygen atoms in total. The number of aromatic nitrogens is 1. The van der Waals surface area contributed by atoms with Crippen molar-refractivity contribution in [2.75, 3.05) is 6.54 Å². The van der Waals surface area contributed by atoms with E-state index in [2.05, 4.69) is 47.4 Å². The Morgan fingerprint density at radius 1 is 1.37 bits per heavy atom. The van der Waals surface area contributed by atoms with Gasteiger partial charge >= 0.3 is 0 Å². The monoisotopic (exact) mass is 252 g/mol. The zero-order valence-corrected chi connectivity index (χ0v) is 11.6. The number of pyridine rings is 1. The number of nitrogens with zero attached hydrogens (tertiary/aromatic N) is 1. The van der Waals surface area contributed by atoms with Gasteiger partial charge in [0.15, 0.2) is 0 Å². The summed E-state index contributed by atoms with van der Waals surface area (Å²) in [6.07, 6.45) is 7.14. The highest BCUT2D eigenvalue weighted by molar-refractivity contribution is 5.82. The largest absolute Gasteiger partial charge is 0.310 e. The molecule has 0 aliphatic heterocycles. The van der Waals surface area contributed by atoms with Gasteiger partial charge in [0, 0.05) is 23.5 Å². The molecular formula is C17H20N2. The second kappa shape index (κ2) is 6.36. The van der Waals surface area contributed by atoms with E-state index in [0.717, 1.165) is 30.6 Å². The third kappa shape index (κ3) is 3.13. The van der Waals surface area contributed by atoms with E-state index in [1.807, 2.05) is 13.0 Å². The maximum Gasteiger partial charge on any atom is 0.0708 e. The fraction of sp³-hybridized carbons (Fsp3) is 0.353. The first kappa shape index (κ1) is 13.6. The van der Waals surface area contributed by atoms with Gasteiger partial charge in [0.2, 0.25) is 0 Å². The summed E-state index contributed by atoms with van der Waals surface area (Å²) < 4.78 is 0. The van der Waals surface area contributed by atoms with Crippen LogP contribution in [-0.2, 0) is 0 Å². The van der Waals surface area contributed by atoms with E-state index in [0.29, 0.717) is 6.04 Å². The Kier molecular flexibility index (Phi) is 4.54. The third-order valence-corrected chi connectivity index (χ3v) is 3.28. The second-order valence-electron chi connectivity index (χ2n) is 4.72. The highest BCUT2D eigenvalue weighted by Gasteiger charge is 2.14. The number of hydrogen-bond donors (Lipinski definition) is 1. The molecule has 2 rings (SSSR count). The Labute approximate surface area is 115 Å². The van der Waals surface area contributed by atoms with Gasteiger partial charge < -0.3 is 5.32 Å². The minimum Gasteiger partial charge on any atom is -0.310 e. The maximum atomic E-state index is 5.40. The minimum absolute atomic E-state index is 0.299. The summed E-state index contributed by atoms with van der Waals surface area (Å²) in [4.78, 5) is 4.59. The van der Waals surface area contributed by atoms with Crippen LogP contribution >= 0.6 is 0 Å². The van der Waals surface area contributed by atoms with Crippen molar-refractivity contribution >= 4 is 10.9 Å². The first-order valence-electron chi connectivity index (χ1n) is 6.79. The van der Waals surface area contributed by atoms with Gasteiger partial charge in [-0.2, -0.15) is 0 Å². The van der Waals surface area contributed by atoms with Crippen LogP contribution in [0.2, 0.25) is 0 Å². The summed E-state index contributed by atoms with van der Waals surface area (Å²) in [5.41, 5.74) is 3.42. The number of terminal acetylenes is 1. The molecule has 1 aromatic heterocycles. The van der Waals surface area contributed by atoms with Crippen LogP contribution < -0.4 is 5.32 Å². The lowest BCUT2D eigenvalue weighted by Gasteiger charge is -2.19. The molecule has 1 N–H and O–H groups in total. The van der Waals surface area contributed by atoms with Gasteiger partial charge in [-0.25, -0.2) is 0 Å². The summed E-state index contributed by atoms with van der Waals surface area (Å²) in [5, 5.41) is 4.75. The van der Waals surface area contributed by atoms with Crippen LogP contribution in [0.25, 0.3) is 10.9 Å². The molecule has 0 saturated carbocycles. The van der Waals surface area contributed by atoms with Gasteiger partial charge in [-0.3, -0.25) is 4.98 Å². The second-order valence-corrected chi connectivity index (χ2v) is 4.72. The molecule has 0 aliphatic rings. The number of hydrogen-bond acceptors (Lipinski definition) is 2. The molecule has 0 aliphatic carbocycles. The van der Waals surface area contributed by atoms with E-state index in [1.54, 1.807) is 0 Å². The van der Waals surface area contributed by atoms with E-state index in [1.165, 1.54) is 10.9 Å². The first-order chi connectivity index (χ1) is 9.26. The van der Waals surface area contributed by atoms with Crippen LogP contribution in [0, 0.1) is 19.3 Å². The molecule has 2 heteroatoms. The summed E-state index contributed by atoms with van der Waals surface area (Å²) in [6.45, 7) is 5.10. The number of para-hydroxylation sites is 1. The maximum absolute atomic E-state index is 5.40. The Morgan fingerprint density at radius 3 is 2.89 bits per heavy atom. The van der Waals surface area contributed by atoms with E-state index in [9.17, 15) is 0 Å². The van der Waals surface area contributed by atoms with E-state index in [4.69, 9.17) is 6.42 Å². The minimum atomic E-state index is 0.299. The molecule has 0 amide bonds. The molecule has 1 heterocycles. The zero-order valence-electron chi connectivity index (χ0n) is 11.6. The van der Waals surface area contributed by atoms with Crippen molar-refractivity contribution in [2.24, 2.45) is 0 Å². The van der Waals surface area contributed by atoms with Gasteiger partial charge in [-0.05, 0) is 37.6 Å². The number of aryl methyl sites for hydroxylation is 1. The Hall–Kier alpha value is -1.85. The molecule has 0 spiro atoms. The highest BCUT2D eigenvalue weighted by atomic mass is 14.9. The Balaban J connectivity index is 2.48. The molecule has 0 saturated heterocycles. The average molecular weight is 252 g/mol. The van der Waals surface area contributed by atoms with E-state index in [-0.39, 0.29) is 0 Å². The molecule has 0 bridgehead atoms. The van der Waals surface area contributed by atoms with Crippen molar-refractivity contribution in [2.45, 2.75) is 32.7 Å². The quantitative estimate of drug-likeness (QED) is 0.822. The molecule has 1 unspecified atom stereocenters. The molecule has 1 aromatic carbocycles. The molecule has 1 atom stereocenters.